The van der Waals surface area contributed by atoms with Crippen molar-refractivity contribution >= 4 is 33.4 Å². The van der Waals surface area contributed by atoms with Gasteiger partial charge >= 0.3 is 6.01 Å². The van der Waals surface area contributed by atoms with Gasteiger partial charge in [-0.05, 0) is 42.5 Å². The summed E-state index contributed by atoms with van der Waals surface area (Å²) in [5.41, 5.74) is -1.51. The van der Waals surface area contributed by atoms with Crippen molar-refractivity contribution in [1.29, 1.82) is 5.26 Å². The van der Waals surface area contributed by atoms with Crippen LogP contribution in [0.2, 0.25) is 0 Å². The highest BCUT2D eigenvalue weighted by Gasteiger charge is 2.49. The van der Waals surface area contributed by atoms with Crippen molar-refractivity contribution in [2.24, 2.45) is 0 Å². The molecule has 0 N–H and O–H groups in total. The third-order valence-electron chi connectivity index (χ3n) is 10.1. The summed E-state index contributed by atoms with van der Waals surface area (Å²) in [6.45, 7) is 4.11. The highest BCUT2D eigenvalue weighted by Crippen LogP contribution is 2.42. The zero-order chi connectivity index (χ0) is 35.3. The van der Waals surface area contributed by atoms with Gasteiger partial charge in [-0.25, -0.2) is 22.0 Å². The fraction of sp³-hybridized carbons (Fsp3) is 0.351. The third kappa shape index (κ3) is 5.56. The maximum absolute atomic E-state index is 16.9. The summed E-state index contributed by atoms with van der Waals surface area (Å²) in [6.07, 6.45) is 6.27. The fourth-order valence-electron chi connectivity index (χ4n) is 7.81. The number of ether oxygens (including phenoxy) is 1. The number of amides is 1. The first-order chi connectivity index (χ1) is 24.0. The zero-order valence-corrected chi connectivity index (χ0v) is 26.9. The van der Waals surface area contributed by atoms with Crippen molar-refractivity contribution in [1.82, 2.24) is 19.8 Å². The van der Waals surface area contributed by atoms with Crippen molar-refractivity contribution in [3.8, 4) is 35.6 Å². The van der Waals surface area contributed by atoms with Crippen LogP contribution in [-0.2, 0) is 4.79 Å². The number of halogens is 5. The van der Waals surface area contributed by atoms with Gasteiger partial charge < -0.3 is 14.5 Å². The van der Waals surface area contributed by atoms with Crippen LogP contribution in [0.5, 0.6) is 6.01 Å². The standard InChI is InChI=1S/C37H31F5N6O2/c1-3-25-28(40)9-8-22-6-4-7-26(30(22)25)31-29(41)16-27-33(32(31)42)44-36(50-20-37-11-5-13-47(37)18-23(39)17-37)45-34(27)46-14-15-48(35(49)21(2)38)24(19-46)10-12-43/h1,4,6-9,16,23-24H,2,5,10-11,13-15,17-20H2/t23-,24+,37+/m1/s1. The zero-order valence-electron chi connectivity index (χ0n) is 26.9. The molecular weight excluding hydrogens is 655 g/mol. The molecule has 0 unspecified atom stereocenters. The minimum absolute atomic E-state index is 0.0163. The van der Waals surface area contributed by atoms with E-state index in [1.807, 2.05) is 11.0 Å². The second-order valence-corrected chi connectivity index (χ2v) is 13.0. The van der Waals surface area contributed by atoms with Crippen LogP contribution in [0.25, 0.3) is 32.8 Å². The Balaban J connectivity index is 1.38. The largest absolute Gasteiger partial charge is 0.461 e. The summed E-state index contributed by atoms with van der Waals surface area (Å²) in [4.78, 5) is 26.4. The van der Waals surface area contributed by atoms with E-state index >= 15 is 8.78 Å². The molecule has 3 aromatic carbocycles. The summed E-state index contributed by atoms with van der Waals surface area (Å²) in [5.74, 6) is -2.56. The average Bonchev–Trinajstić information content (AvgIpc) is 3.62. The number of rotatable bonds is 7. The lowest BCUT2D eigenvalue weighted by Crippen LogP contribution is -2.55. The molecule has 3 saturated heterocycles. The maximum Gasteiger partial charge on any atom is 0.319 e. The summed E-state index contributed by atoms with van der Waals surface area (Å²) in [6, 6.07) is 9.37. The van der Waals surface area contributed by atoms with Crippen molar-refractivity contribution in [2.45, 2.75) is 43.4 Å². The van der Waals surface area contributed by atoms with E-state index in [1.54, 1.807) is 17.0 Å². The lowest BCUT2D eigenvalue weighted by Gasteiger charge is -2.41. The number of anilines is 1. The normalized spacial score (nSPS) is 22.1. The van der Waals surface area contributed by atoms with Crippen molar-refractivity contribution in [2.75, 3.05) is 44.2 Å². The quantitative estimate of drug-likeness (QED) is 0.130. The topological polar surface area (TPSA) is 85.6 Å². The molecule has 0 aliphatic carbocycles. The van der Waals surface area contributed by atoms with Gasteiger partial charge in [0.1, 0.15) is 35.7 Å². The number of carbonyl (C=O) groups is 1. The second-order valence-electron chi connectivity index (χ2n) is 13.0. The molecule has 3 aliphatic heterocycles. The van der Waals surface area contributed by atoms with E-state index in [-0.39, 0.29) is 84.9 Å². The Hall–Kier alpha value is -5.27. The van der Waals surface area contributed by atoms with Crippen LogP contribution in [0.15, 0.2) is 48.8 Å². The number of fused-ring (bicyclic) bond motifs is 3. The van der Waals surface area contributed by atoms with Crippen molar-refractivity contribution < 1.29 is 31.5 Å². The fourth-order valence-corrected chi connectivity index (χ4v) is 7.81. The molecule has 4 aromatic rings. The summed E-state index contributed by atoms with van der Waals surface area (Å²) in [7, 11) is 0. The van der Waals surface area contributed by atoms with E-state index in [1.165, 1.54) is 23.1 Å². The average molecular weight is 687 g/mol. The summed E-state index contributed by atoms with van der Waals surface area (Å²) in [5, 5.41) is 10.1. The van der Waals surface area contributed by atoms with E-state index in [0.717, 1.165) is 12.5 Å². The Kier molecular flexibility index (Phi) is 8.56. The molecule has 8 nitrogen and oxygen atoms in total. The van der Waals surface area contributed by atoms with Crippen LogP contribution < -0.4 is 9.64 Å². The van der Waals surface area contributed by atoms with Crippen LogP contribution in [0.1, 0.15) is 31.2 Å². The van der Waals surface area contributed by atoms with Gasteiger partial charge in [0.05, 0.1) is 35.2 Å². The minimum atomic E-state index is -1.18. The van der Waals surface area contributed by atoms with E-state index in [9.17, 15) is 23.2 Å². The molecule has 3 atom stereocenters. The monoisotopic (exact) mass is 686 g/mol. The predicted octanol–water partition coefficient (Wildman–Crippen LogP) is 6.22. The first-order valence-corrected chi connectivity index (χ1v) is 16.2. The molecule has 1 amide bonds. The highest BCUT2D eigenvalue weighted by molar-refractivity contribution is 6.03. The lowest BCUT2D eigenvalue weighted by molar-refractivity contribution is -0.131. The Labute approximate surface area is 284 Å². The number of alkyl halides is 1. The van der Waals surface area contributed by atoms with Crippen LogP contribution >= 0.6 is 0 Å². The first-order valence-electron chi connectivity index (χ1n) is 16.2. The van der Waals surface area contributed by atoms with E-state index in [4.69, 9.17) is 11.2 Å². The number of benzene rings is 3. The van der Waals surface area contributed by atoms with Gasteiger partial charge in [0.2, 0.25) is 0 Å². The number of nitriles is 1. The number of hydrogen-bond donors (Lipinski definition) is 0. The van der Waals surface area contributed by atoms with Crippen LogP contribution in [0.3, 0.4) is 0 Å². The van der Waals surface area contributed by atoms with E-state index in [2.05, 4.69) is 22.5 Å². The van der Waals surface area contributed by atoms with Crippen molar-refractivity contribution in [3.63, 3.8) is 0 Å². The summed E-state index contributed by atoms with van der Waals surface area (Å²) < 4.78 is 82.6. The first kappa shape index (κ1) is 33.2. The van der Waals surface area contributed by atoms with Gasteiger partial charge in [0.25, 0.3) is 5.91 Å². The highest BCUT2D eigenvalue weighted by atomic mass is 19.1. The summed E-state index contributed by atoms with van der Waals surface area (Å²) >= 11 is 0. The molecule has 4 heterocycles. The molecule has 3 aliphatic rings. The minimum Gasteiger partial charge on any atom is -0.461 e. The van der Waals surface area contributed by atoms with Gasteiger partial charge in [0.15, 0.2) is 11.6 Å². The molecule has 50 heavy (non-hydrogen) atoms. The molecule has 0 bridgehead atoms. The van der Waals surface area contributed by atoms with Crippen molar-refractivity contribution in [3.05, 3.63) is 71.8 Å². The molecule has 0 spiro atoms. The van der Waals surface area contributed by atoms with Gasteiger partial charge in [0, 0.05) is 43.4 Å². The molecule has 7 rings (SSSR count). The Morgan fingerprint density at radius 1 is 1.12 bits per heavy atom. The predicted molar refractivity (Wildman–Crippen MR) is 177 cm³/mol. The third-order valence-corrected chi connectivity index (χ3v) is 10.1. The van der Waals surface area contributed by atoms with E-state index in [0.29, 0.717) is 18.4 Å². The van der Waals surface area contributed by atoms with Crippen LogP contribution in [0.4, 0.5) is 27.8 Å². The molecule has 1 aromatic heterocycles. The van der Waals surface area contributed by atoms with Crippen LogP contribution in [-0.4, -0.2) is 82.8 Å². The SMILES string of the molecule is C#Cc1c(F)ccc2cccc(-c3c(F)cc4c(N5CCN(C(=O)C(=C)F)[C@@H](CC#N)C5)nc(OC[C@@]56CCCN5C[C@H](F)C6)nc4c3F)c12. The Morgan fingerprint density at radius 2 is 1.94 bits per heavy atom. The Morgan fingerprint density at radius 3 is 2.70 bits per heavy atom. The van der Waals surface area contributed by atoms with Gasteiger partial charge in [-0.15, -0.1) is 6.42 Å². The second kappa shape index (κ2) is 12.9. The molecular formula is C37H31F5N6O2. The number of terminal acetylenes is 1. The van der Waals surface area contributed by atoms with E-state index < -0.39 is 52.5 Å². The van der Waals surface area contributed by atoms with Gasteiger partial charge in [-0.3, -0.25) is 9.69 Å². The van der Waals surface area contributed by atoms with Crippen LogP contribution in [0, 0.1) is 41.1 Å². The molecule has 3 fully saturated rings. The number of carbonyl (C=O) groups excluding carboxylic acids is 1. The number of nitrogens with zero attached hydrogens (tertiary/aromatic N) is 6. The Bertz CT molecular complexity index is 2150. The number of hydrogen-bond acceptors (Lipinski definition) is 7. The molecule has 0 radical (unpaired) electrons. The number of aromatic nitrogens is 2. The molecule has 0 saturated carbocycles. The van der Waals surface area contributed by atoms with Gasteiger partial charge in [-0.2, -0.15) is 15.2 Å². The maximum atomic E-state index is 16.9. The smallest absolute Gasteiger partial charge is 0.319 e. The molecule has 256 valence electrons. The lowest BCUT2D eigenvalue weighted by atomic mass is 9.93. The number of piperazine rings is 1. The molecule has 13 heteroatoms. The van der Waals surface area contributed by atoms with Gasteiger partial charge in [-0.1, -0.05) is 36.8 Å².